The van der Waals surface area contributed by atoms with Gasteiger partial charge in [-0.15, -0.1) is 11.8 Å². The number of morpholine rings is 1. The summed E-state index contributed by atoms with van der Waals surface area (Å²) in [4.78, 5) is 30.3. The van der Waals surface area contributed by atoms with Crippen LogP contribution in [0.15, 0.2) is 52.5 Å². The third kappa shape index (κ3) is 3.93. The third-order valence-electron chi connectivity index (χ3n) is 4.76. The number of amides is 2. The fourth-order valence-corrected chi connectivity index (χ4v) is 5.35. The number of hydrogen-bond acceptors (Lipinski definition) is 7. The topological polar surface area (TPSA) is 96.9 Å². The van der Waals surface area contributed by atoms with Crippen molar-refractivity contribution in [3.05, 3.63) is 53.7 Å². The maximum Gasteiger partial charge on any atom is 0.261 e. The molecule has 0 aliphatic carbocycles. The number of sulfonamides is 1. The van der Waals surface area contributed by atoms with Crippen LogP contribution in [-0.4, -0.2) is 73.0 Å². The van der Waals surface area contributed by atoms with Crippen molar-refractivity contribution in [2.75, 3.05) is 38.6 Å². The van der Waals surface area contributed by atoms with E-state index in [1.54, 1.807) is 30.3 Å². The number of carbonyl (C=O) groups is 2. The Morgan fingerprint density at radius 2 is 1.66 bits per heavy atom. The summed E-state index contributed by atoms with van der Waals surface area (Å²) < 4.78 is 31.8. The zero-order valence-electron chi connectivity index (χ0n) is 15.5. The zero-order chi connectivity index (χ0) is 20.4. The van der Waals surface area contributed by atoms with Crippen LogP contribution >= 0.6 is 11.8 Å². The number of rotatable bonds is 6. The highest BCUT2D eigenvalue weighted by Crippen LogP contribution is 2.24. The lowest BCUT2D eigenvalue weighted by Crippen LogP contribution is -2.40. The van der Waals surface area contributed by atoms with Gasteiger partial charge in [0, 0.05) is 31.6 Å². The van der Waals surface area contributed by atoms with Crippen LogP contribution in [0.4, 0.5) is 0 Å². The Morgan fingerprint density at radius 3 is 2.24 bits per heavy atom. The van der Waals surface area contributed by atoms with Crippen molar-refractivity contribution in [2.24, 2.45) is 0 Å². The van der Waals surface area contributed by atoms with E-state index in [2.05, 4.69) is 4.98 Å². The van der Waals surface area contributed by atoms with E-state index < -0.39 is 10.0 Å². The highest BCUT2D eigenvalue weighted by Gasteiger charge is 2.34. The molecule has 2 aliphatic heterocycles. The fourth-order valence-electron chi connectivity index (χ4n) is 3.22. The van der Waals surface area contributed by atoms with E-state index in [1.165, 1.54) is 33.2 Å². The van der Waals surface area contributed by atoms with E-state index in [1.807, 2.05) is 0 Å². The number of carbonyl (C=O) groups excluding carboxylic acids is 2. The number of aromatic nitrogens is 1. The van der Waals surface area contributed by atoms with Crippen molar-refractivity contribution in [2.45, 2.75) is 9.92 Å². The average Bonchev–Trinajstić information content (AvgIpc) is 3.00. The van der Waals surface area contributed by atoms with Crippen molar-refractivity contribution in [3.63, 3.8) is 0 Å². The first-order valence-corrected chi connectivity index (χ1v) is 11.5. The predicted molar refractivity (Wildman–Crippen MR) is 106 cm³/mol. The van der Waals surface area contributed by atoms with Gasteiger partial charge < -0.3 is 4.74 Å². The van der Waals surface area contributed by atoms with Gasteiger partial charge in [-0.2, -0.15) is 4.31 Å². The van der Waals surface area contributed by atoms with Crippen LogP contribution in [0.25, 0.3) is 0 Å². The molecule has 0 atom stereocenters. The molecular formula is C19H19N3O5S2. The van der Waals surface area contributed by atoms with E-state index in [9.17, 15) is 18.0 Å². The molecule has 0 spiro atoms. The molecule has 1 aromatic heterocycles. The third-order valence-corrected chi connectivity index (χ3v) is 7.57. The molecule has 29 heavy (non-hydrogen) atoms. The van der Waals surface area contributed by atoms with Gasteiger partial charge in [-0.3, -0.25) is 14.5 Å². The molecule has 0 unspecified atom stereocenters. The minimum absolute atomic E-state index is 0.143. The van der Waals surface area contributed by atoms with Gasteiger partial charge in [-0.05, 0) is 24.3 Å². The Bertz CT molecular complexity index is 999. The highest BCUT2D eigenvalue weighted by molar-refractivity contribution is 7.99. The standard InChI is InChI=1S/C19H19N3O5S2/c23-18-15-3-1-2-4-16(15)19(24)22(18)9-12-28-17-6-5-14(13-20-17)29(25,26)21-7-10-27-11-8-21/h1-6,13H,7-12H2. The second kappa shape index (κ2) is 8.23. The molecule has 0 saturated carbocycles. The summed E-state index contributed by atoms with van der Waals surface area (Å²) in [5.41, 5.74) is 0.858. The minimum Gasteiger partial charge on any atom is -0.379 e. The summed E-state index contributed by atoms with van der Waals surface area (Å²) >= 11 is 1.36. The number of benzene rings is 1. The Morgan fingerprint density at radius 1 is 1.00 bits per heavy atom. The van der Waals surface area contributed by atoms with Gasteiger partial charge in [0.15, 0.2) is 0 Å². The molecule has 4 rings (SSSR count). The molecule has 2 aliphatic rings. The summed E-state index contributed by atoms with van der Waals surface area (Å²) in [6.07, 6.45) is 1.34. The zero-order valence-corrected chi connectivity index (χ0v) is 17.1. The molecular weight excluding hydrogens is 414 g/mol. The Balaban J connectivity index is 1.36. The van der Waals surface area contributed by atoms with Gasteiger partial charge in [-0.1, -0.05) is 12.1 Å². The van der Waals surface area contributed by atoms with E-state index >= 15 is 0 Å². The van der Waals surface area contributed by atoms with Gasteiger partial charge >= 0.3 is 0 Å². The summed E-state index contributed by atoms with van der Waals surface area (Å²) in [6, 6.07) is 9.94. The van der Waals surface area contributed by atoms with E-state index in [4.69, 9.17) is 4.74 Å². The molecule has 2 amide bonds. The van der Waals surface area contributed by atoms with E-state index in [-0.39, 0.29) is 23.3 Å². The van der Waals surface area contributed by atoms with Crippen LogP contribution in [-0.2, 0) is 14.8 Å². The molecule has 2 aromatic rings. The fraction of sp³-hybridized carbons (Fsp3) is 0.316. The molecule has 8 nitrogen and oxygen atoms in total. The lowest BCUT2D eigenvalue weighted by Gasteiger charge is -2.25. The van der Waals surface area contributed by atoms with Gasteiger partial charge in [0.2, 0.25) is 10.0 Å². The van der Waals surface area contributed by atoms with Crippen LogP contribution in [0, 0.1) is 0 Å². The van der Waals surface area contributed by atoms with Crippen molar-refractivity contribution in [1.29, 1.82) is 0 Å². The van der Waals surface area contributed by atoms with Gasteiger partial charge in [0.1, 0.15) is 4.90 Å². The highest BCUT2D eigenvalue weighted by atomic mass is 32.2. The Kier molecular flexibility index (Phi) is 5.68. The quantitative estimate of drug-likeness (QED) is 0.503. The first-order valence-electron chi connectivity index (χ1n) is 9.10. The van der Waals surface area contributed by atoms with Crippen molar-refractivity contribution in [1.82, 2.24) is 14.2 Å². The number of hydrogen-bond donors (Lipinski definition) is 0. The second-order valence-electron chi connectivity index (χ2n) is 6.50. The summed E-state index contributed by atoms with van der Waals surface area (Å²) in [7, 11) is -3.57. The minimum atomic E-state index is -3.57. The Labute approximate surface area is 172 Å². The first-order chi connectivity index (χ1) is 14.0. The van der Waals surface area contributed by atoms with Crippen LogP contribution in [0.1, 0.15) is 20.7 Å². The number of imide groups is 1. The van der Waals surface area contributed by atoms with Gasteiger partial charge in [-0.25, -0.2) is 13.4 Å². The lowest BCUT2D eigenvalue weighted by molar-refractivity contribution is 0.0664. The number of ether oxygens (including phenoxy) is 1. The van der Waals surface area contributed by atoms with Crippen LogP contribution in [0.2, 0.25) is 0 Å². The molecule has 152 valence electrons. The molecule has 0 radical (unpaired) electrons. The smallest absolute Gasteiger partial charge is 0.261 e. The number of nitrogens with zero attached hydrogens (tertiary/aromatic N) is 3. The summed E-state index contributed by atoms with van der Waals surface area (Å²) in [5.74, 6) is -0.106. The number of thioether (sulfide) groups is 1. The van der Waals surface area contributed by atoms with Crippen molar-refractivity contribution >= 4 is 33.6 Å². The van der Waals surface area contributed by atoms with E-state index in [0.717, 1.165) is 0 Å². The molecule has 1 saturated heterocycles. The summed E-state index contributed by atoms with van der Waals surface area (Å²) in [6.45, 7) is 1.70. The van der Waals surface area contributed by atoms with Crippen LogP contribution in [0.5, 0.6) is 0 Å². The normalized spacial score (nSPS) is 17.6. The second-order valence-corrected chi connectivity index (χ2v) is 9.56. The molecule has 0 N–H and O–H groups in total. The van der Waals surface area contributed by atoms with Crippen molar-refractivity contribution < 1.29 is 22.7 Å². The SMILES string of the molecule is O=C1c2ccccc2C(=O)N1CCSc1ccc(S(=O)(=O)N2CCOCC2)cn1. The largest absolute Gasteiger partial charge is 0.379 e. The molecule has 1 fully saturated rings. The predicted octanol–water partition coefficient (Wildman–Crippen LogP) is 1.49. The Hall–Kier alpha value is -2.27. The van der Waals surface area contributed by atoms with Gasteiger partial charge in [0.25, 0.3) is 11.8 Å². The van der Waals surface area contributed by atoms with Crippen molar-refractivity contribution in [3.8, 4) is 0 Å². The van der Waals surface area contributed by atoms with Gasteiger partial charge in [0.05, 0.1) is 29.4 Å². The molecule has 3 heterocycles. The number of pyridine rings is 1. The van der Waals surface area contributed by atoms with Crippen LogP contribution in [0.3, 0.4) is 0 Å². The number of fused-ring (bicyclic) bond motifs is 1. The molecule has 0 bridgehead atoms. The maximum absolute atomic E-state index is 12.6. The summed E-state index contributed by atoms with van der Waals surface area (Å²) in [5, 5.41) is 0.627. The molecule has 10 heteroatoms. The lowest BCUT2D eigenvalue weighted by atomic mass is 10.1. The average molecular weight is 434 g/mol. The maximum atomic E-state index is 12.6. The molecule has 1 aromatic carbocycles. The van der Waals surface area contributed by atoms with E-state index in [0.29, 0.717) is 48.2 Å². The van der Waals surface area contributed by atoms with Crippen LogP contribution < -0.4 is 0 Å². The first kappa shape index (κ1) is 20.0. The monoisotopic (exact) mass is 433 g/mol.